The Balaban J connectivity index is 1.74. The number of nitrogens with zero attached hydrogens (tertiary/aromatic N) is 2. The third-order valence-corrected chi connectivity index (χ3v) is 4.29. The summed E-state index contributed by atoms with van der Waals surface area (Å²) in [6, 6.07) is 16.4. The molecule has 0 amide bonds. The fourth-order valence-electron chi connectivity index (χ4n) is 2.04. The van der Waals surface area contributed by atoms with Gasteiger partial charge in [-0.3, -0.25) is 0 Å². The first kappa shape index (κ1) is 14.0. The quantitative estimate of drug-likeness (QED) is 0.714. The number of benzene rings is 2. The van der Waals surface area contributed by atoms with E-state index >= 15 is 0 Å². The third kappa shape index (κ3) is 3.40. The van der Waals surface area contributed by atoms with Crippen LogP contribution in [0.4, 0.5) is 0 Å². The van der Waals surface area contributed by atoms with E-state index in [1.807, 2.05) is 44.4 Å². The molecule has 3 aromatic rings. The molecule has 0 aliphatic rings. The highest BCUT2D eigenvalue weighted by Crippen LogP contribution is 2.30. The summed E-state index contributed by atoms with van der Waals surface area (Å²) < 4.78 is 6.93. The zero-order valence-electron chi connectivity index (χ0n) is 12.2. The summed E-state index contributed by atoms with van der Waals surface area (Å²) in [5.74, 6) is 0.904. The van der Waals surface area contributed by atoms with Crippen molar-refractivity contribution in [2.45, 2.75) is 0 Å². The van der Waals surface area contributed by atoms with E-state index in [4.69, 9.17) is 4.74 Å². The van der Waals surface area contributed by atoms with Crippen molar-refractivity contribution >= 4 is 21.6 Å². The molecule has 0 N–H and O–H groups in total. The maximum absolute atomic E-state index is 5.71. The van der Waals surface area contributed by atoms with Crippen molar-refractivity contribution in [3.05, 3.63) is 48.5 Å². The number of hydrogen-bond acceptors (Lipinski definition) is 4. The largest absolute Gasteiger partial charge is 0.492 e. The van der Waals surface area contributed by atoms with Gasteiger partial charge >= 0.3 is 0 Å². The number of aromatic nitrogens is 1. The number of likely N-dealkylation sites (N-methyl/N-ethyl adjacent to an activating group) is 1. The summed E-state index contributed by atoms with van der Waals surface area (Å²) in [4.78, 5) is 6.78. The molecular weight excluding hydrogens is 280 g/mol. The lowest BCUT2D eigenvalue weighted by Gasteiger charge is -2.11. The van der Waals surface area contributed by atoms with E-state index in [-0.39, 0.29) is 0 Å². The fourth-order valence-corrected chi connectivity index (χ4v) is 3.01. The molecule has 0 aliphatic carbocycles. The van der Waals surface area contributed by atoms with Crippen molar-refractivity contribution in [2.24, 2.45) is 0 Å². The molecule has 1 heterocycles. The first-order chi connectivity index (χ1) is 10.2. The molecule has 0 fully saturated rings. The molecule has 0 saturated carbocycles. The van der Waals surface area contributed by atoms with Crippen molar-refractivity contribution in [3.8, 4) is 16.3 Å². The number of thiazole rings is 1. The van der Waals surface area contributed by atoms with Crippen molar-refractivity contribution < 1.29 is 4.74 Å². The maximum atomic E-state index is 5.71. The minimum atomic E-state index is 0.702. The van der Waals surface area contributed by atoms with Gasteiger partial charge in [-0.15, -0.1) is 11.3 Å². The lowest BCUT2D eigenvalue weighted by Crippen LogP contribution is -2.19. The van der Waals surface area contributed by atoms with Crippen LogP contribution >= 0.6 is 11.3 Å². The number of para-hydroxylation sites is 1. The second-order valence-electron chi connectivity index (χ2n) is 5.16. The van der Waals surface area contributed by atoms with E-state index in [9.17, 15) is 0 Å². The molecule has 21 heavy (non-hydrogen) atoms. The SMILES string of the molecule is CN(C)CCOc1ccc(-c2nc3ccccc3s2)cc1. The fraction of sp³-hybridized carbons (Fsp3) is 0.235. The Hall–Kier alpha value is -1.91. The normalized spacial score (nSPS) is 11.2. The van der Waals surface area contributed by atoms with Gasteiger partial charge in [0.15, 0.2) is 0 Å². The molecule has 2 aromatic carbocycles. The lowest BCUT2D eigenvalue weighted by atomic mass is 10.2. The molecule has 4 heteroatoms. The van der Waals surface area contributed by atoms with Crippen LogP contribution in [0.3, 0.4) is 0 Å². The van der Waals surface area contributed by atoms with Crippen LogP contribution in [0.5, 0.6) is 5.75 Å². The van der Waals surface area contributed by atoms with Crippen molar-refractivity contribution in [1.82, 2.24) is 9.88 Å². The minimum absolute atomic E-state index is 0.702. The average molecular weight is 298 g/mol. The summed E-state index contributed by atoms with van der Waals surface area (Å²) in [6.07, 6.45) is 0. The zero-order valence-corrected chi connectivity index (χ0v) is 13.1. The van der Waals surface area contributed by atoms with Crippen LogP contribution in [0.15, 0.2) is 48.5 Å². The Labute approximate surface area is 128 Å². The van der Waals surface area contributed by atoms with Crippen LogP contribution in [0.2, 0.25) is 0 Å². The van der Waals surface area contributed by atoms with Crippen LogP contribution in [-0.2, 0) is 0 Å². The van der Waals surface area contributed by atoms with Gasteiger partial charge < -0.3 is 9.64 Å². The van der Waals surface area contributed by atoms with E-state index in [1.165, 1.54) is 4.70 Å². The Morgan fingerprint density at radius 2 is 1.81 bits per heavy atom. The number of hydrogen-bond donors (Lipinski definition) is 0. The maximum Gasteiger partial charge on any atom is 0.124 e. The van der Waals surface area contributed by atoms with Gasteiger partial charge in [0, 0.05) is 12.1 Å². The van der Waals surface area contributed by atoms with Crippen molar-refractivity contribution in [1.29, 1.82) is 0 Å². The van der Waals surface area contributed by atoms with E-state index < -0.39 is 0 Å². The highest BCUT2D eigenvalue weighted by molar-refractivity contribution is 7.21. The van der Waals surface area contributed by atoms with Crippen molar-refractivity contribution in [2.75, 3.05) is 27.2 Å². The van der Waals surface area contributed by atoms with Gasteiger partial charge in [0.1, 0.15) is 17.4 Å². The molecule has 0 saturated heterocycles. The summed E-state index contributed by atoms with van der Waals surface area (Å²) in [6.45, 7) is 1.62. The smallest absolute Gasteiger partial charge is 0.124 e. The van der Waals surface area contributed by atoms with Crippen LogP contribution in [0, 0.1) is 0 Å². The molecule has 0 atom stereocenters. The summed E-state index contributed by atoms with van der Waals surface area (Å²) in [5.41, 5.74) is 2.19. The van der Waals surface area contributed by atoms with Crippen LogP contribution in [0.25, 0.3) is 20.8 Å². The van der Waals surface area contributed by atoms with Crippen LogP contribution < -0.4 is 4.74 Å². The van der Waals surface area contributed by atoms with E-state index in [1.54, 1.807) is 11.3 Å². The second kappa shape index (κ2) is 6.24. The monoisotopic (exact) mass is 298 g/mol. The topological polar surface area (TPSA) is 25.4 Å². The first-order valence-corrected chi connectivity index (χ1v) is 7.77. The second-order valence-corrected chi connectivity index (χ2v) is 6.19. The number of rotatable bonds is 5. The molecule has 0 radical (unpaired) electrons. The third-order valence-electron chi connectivity index (χ3n) is 3.20. The van der Waals surface area contributed by atoms with Gasteiger partial charge in [-0.2, -0.15) is 0 Å². The first-order valence-electron chi connectivity index (χ1n) is 6.96. The Morgan fingerprint density at radius 3 is 2.52 bits per heavy atom. The molecule has 108 valence electrons. The molecule has 3 nitrogen and oxygen atoms in total. The molecule has 0 bridgehead atoms. The minimum Gasteiger partial charge on any atom is -0.492 e. The van der Waals surface area contributed by atoms with Gasteiger partial charge in [0.2, 0.25) is 0 Å². The summed E-state index contributed by atoms with van der Waals surface area (Å²) in [7, 11) is 4.08. The Bertz CT molecular complexity index is 686. The molecule has 3 rings (SSSR count). The Morgan fingerprint density at radius 1 is 1.05 bits per heavy atom. The lowest BCUT2D eigenvalue weighted by molar-refractivity contribution is 0.261. The Kier molecular flexibility index (Phi) is 4.18. The van der Waals surface area contributed by atoms with Gasteiger partial charge in [0.05, 0.1) is 10.2 Å². The van der Waals surface area contributed by atoms with Gasteiger partial charge in [-0.25, -0.2) is 4.98 Å². The molecule has 0 unspecified atom stereocenters. The highest BCUT2D eigenvalue weighted by Gasteiger charge is 2.05. The summed E-state index contributed by atoms with van der Waals surface area (Å²) >= 11 is 1.72. The van der Waals surface area contributed by atoms with Crippen LogP contribution in [-0.4, -0.2) is 37.1 Å². The zero-order chi connectivity index (χ0) is 14.7. The predicted molar refractivity (Wildman–Crippen MR) is 89.1 cm³/mol. The van der Waals surface area contributed by atoms with Crippen LogP contribution in [0.1, 0.15) is 0 Å². The van der Waals surface area contributed by atoms with E-state index in [0.29, 0.717) is 6.61 Å². The van der Waals surface area contributed by atoms with E-state index in [2.05, 4.69) is 28.1 Å². The molecule has 0 aliphatic heterocycles. The number of ether oxygens (including phenoxy) is 1. The highest BCUT2D eigenvalue weighted by atomic mass is 32.1. The van der Waals surface area contributed by atoms with Gasteiger partial charge in [-0.1, -0.05) is 12.1 Å². The van der Waals surface area contributed by atoms with Gasteiger partial charge in [-0.05, 0) is 50.5 Å². The number of fused-ring (bicyclic) bond motifs is 1. The summed E-state index contributed by atoms with van der Waals surface area (Å²) in [5, 5.41) is 1.05. The molecule has 0 spiro atoms. The predicted octanol–water partition coefficient (Wildman–Crippen LogP) is 3.90. The molecule has 1 aromatic heterocycles. The van der Waals surface area contributed by atoms with Gasteiger partial charge in [0.25, 0.3) is 0 Å². The average Bonchev–Trinajstić information content (AvgIpc) is 2.91. The molecular formula is C17H18N2OS. The standard InChI is InChI=1S/C17H18N2OS/c1-19(2)11-12-20-14-9-7-13(8-10-14)17-18-15-5-3-4-6-16(15)21-17/h3-10H,11-12H2,1-2H3. The van der Waals surface area contributed by atoms with Crippen molar-refractivity contribution in [3.63, 3.8) is 0 Å². The van der Waals surface area contributed by atoms with E-state index in [0.717, 1.165) is 28.4 Å².